The quantitative estimate of drug-likeness (QED) is 0.802. The Bertz CT molecular complexity index is 416. The van der Waals surface area contributed by atoms with E-state index in [0.29, 0.717) is 0 Å². The van der Waals surface area contributed by atoms with Gasteiger partial charge in [0.2, 0.25) is 5.88 Å². The number of nitrogens with one attached hydrogen (secondary N) is 1. The van der Waals surface area contributed by atoms with Crippen LogP contribution in [-0.4, -0.2) is 11.3 Å². The van der Waals surface area contributed by atoms with Crippen molar-refractivity contribution >= 4 is 22.6 Å². The first-order chi connectivity index (χ1) is 6.83. The number of hydrogen-bond donors (Lipinski definition) is 2. The highest BCUT2D eigenvalue weighted by atomic mass is 127. The van der Waals surface area contributed by atoms with Gasteiger partial charge >= 0.3 is 6.36 Å². The summed E-state index contributed by atoms with van der Waals surface area (Å²) in [5.41, 5.74) is 4.73. The first-order valence-electron chi connectivity index (χ1n) is 3.71. The predicted molar refractivity (Wildman–Crippen MR) is 54.4 cm³/mol. The summed E-state index contributed by atoms with van der Waals surface area (Å²) >= 11 is 1.62. The Hall–Kier alpha value is -0.770. The normalized spacial score (nSPS) is 11.5. The van der Waals surface area contributed by atoms with E-state index in [4.69, 9.17) is 5.73 Å². The van der Waals surface area contributed by atoms with Crippen LogP contribution in [-0.2, 0) is 6.54 Å². The van der Waals surface area contributed by atoms with Gasteiger partial charge in [-0.2, -0.15) is 0 Å². The molecule has 0 bridgehead atoms. The van der Waals surface area contributed by atoms with Crippen LogP contribution in [0.4, 0.5) is 13.2 Å². The lowest BCUT2D eigenvalue weighted by Crippen LogP contribution is -2.23. The average Bonchev–Trinajstić information content (AvgIpc) is 2.08. The van der Waals surface area contributed by atoms with Crippen molar-refractivity contribution in [1.29, 1.82) is 0 Å². The predicted octanol–water partition coefficient (Wildman–Crippen LogP) is 1.34. The molecule has 84 valence electrons. The minimum atomic E-state index is -4.83. The number of halogens is 4. The van der Waals surface area contributed by atoms with Gasteiger partial charge in [0.25, 0.3) is 5.56 Å². The average molecular weight is 334 g/mol. The van der Waals surface area contributed by atoms with Crippen molar-refractivity contribution in [2.24, 2.45) is 5.73 Å². The minimum absolute atomic E-state index is 0.0440. The third kappa shape index (κ3) is 3.38. The van der Waals surface area contributed by atoms with E-state index in [0.717, 1.165) is 0 Å². The minimum Gasteiger partial charge on any atom is -0.389 e. The lowest BCUT2D eigenvalue weighted by atomic mass is 10.3. The number of ether oxygens (including phenoxy) is 1. The number of nitrogens with two attached hydrogens (primary N) is 1. The fraction of sp³-hybridized carbons (Fsp3) is 0.286. The van der Waals surface area contributed by atoms with Gasteiger partial charge in [0.1, 0.15) is 0 Å². The van der Waals surface area contributed by atoms with Crippen LogP contribution in [0, 0.1) is 3.57 Å². The molecule has 0 amide bonds. The van der Waals surface area contributed by atoms with Gasteiger partial charge in [-0.1, -0.05) is 0 Å². The van der Waals surface area contributed by atoms with E-state index >= 15 is 0 Å². The SMILES string of the molecule is NCc1cc(I)c(OC(F)(F)F)[nH]c1=O. The molecule has 1 rings (SSSR count). The largest absolute Gasteiger partial charge is 0.574 e. The van der Waals surface area contributed by atoms with Crippen molar-refractivity contribution in [2.45, 2.75) is 12.9 Å². The molecule has 0 radical (unpaired) electrons. The van der Waals surface area contributed by atoms with Crippen LogP contribution in [0.3, 0.4) is 0 Å². The van der Waals surface area contributed by atoms with Gasteiger partial charge in [-0.05, 0) is 28.7 Å². The number of alkyl halides is 3. The fourth-order valence-electron chi connectivity index (χ4n) is 0.869. The first kappa shape index (κ1) is 12.3. The van der Waals surface area contributed by atoms with Gasteiger partial charge in [-0.25, -0.2) is 0 Å². The summed E-state index contributed by atoms with van der Waals surface area (Å²) in [6, 6.07) is 1.25. The molecule has 3 N–H and O–H groups in total. The Morgan fingerprint density at radius 1 is 1.53 bits per heavy atom. The molecule has 0 unspecified atom stereocenters. The zero-order valence-corrected chi connectivity index (χ0v) is 9.35. The number of H-pyrrole nitrogens is 1. The Morgan fingerprint density at radius 2 is 2.13 bits per heavy atom. The molecule has 0 aliphatic carbocycles. The molecule has 1 heterocycles. The van der Waals surface area contributed by atoms with Crippen LogP contribution in [0.1, 0.15) is 5.56 Å². The lowest BCUT2D eigenvalue weighted by Gasteiger charge is -2.10. The second kappa shape index (κ2) is 4.39. The third-order valence-corrected chi connectivity index (χ3v) is 2.28. The van der Waals surface area contributed by atoms with Gasteiger partial charge in [-0.15, -0.1) is 13.2 Å². The van der Waals surface area contributed by atoms with Crippen molar-refractivity contribution < 1.29 is 17.9 Å². The number of aromatic amines is 1. The summed E-state index contributed by atoms with van der Waals surface area (Å²) in [4.78, 5) is 13.1. The molecule has 0 aliphatic heterocycles. The molecular formula is C7H6F3IN2O2. The summed E-state index contributed by atoms with van der Waals surface area (Å²) < 4.78 is 39.3. The van der Waals surface area contributed by atoms with Crippen LogP contribution < -0.4 is 16.0 Å². The van der Waals surface area contributed by atoms with Crippen LogP contribution >= 0.6 is 22.6 Å². The maximum Gasteiger partial charge on any atom is 0.574 e. The van der Waals surface area contributed by atoms with Crippen molar-refractivity contribution in [3.05, 3.63) is 25.6 Å². The molecule has 0 aliphatic rings. The monoisotopic (exact) mass is 334 g/mol. The van der Waals surface area contributed by atoms with Gasteiger partial charge in [-0.3, -0.25) is 9.78 Å². The first-order valence-corrected chi connectivity index (χ1v) is 4.79. The highest BCUT2D eigenvalue weighted by molar-refractivity contribution is 14.1. The Labute approximate surface area is 95.8 Å². The lowest BCUT2D eigenvalue weighted by molar-refractivity contribution is -0.276. The molecule has 15 heavy (non-hydrogen) atoms. The highest BCUT2D eigenvalue weighted by Gasteiger charge is 2.32. The van der Waals surface area contributed by atoms with Gasteiger partial charge in [0.05, 0.1) is 3.57 Å². The van der Waals surface area contributed by atoms with Crippen LogP contribution in [0.5, 0.6) is 5.88 Å². The van der Waals surface area contributed by atoms with Gasteiger partial charge < -0.3 is 10.5 Å². The van der Waals surface area contributed by atoms with Crippen LogP contribution in [0.25, 0.3) is 0 Å². The molecule has 0 saturated heterocycles. The summed E-state index contributed by atoms with van der Waals surface area (Å²) in [5, 5.41) is 0. The summed E-state index contributed by atoms with van der Waals surface area (Å²) in [6.45, 7) is -0.0440. The standard InChI is InChI=1S/C7H6F3IN2O2/c8-7(9,10)15-6-4(11)1-3(2-12)5(14)13-6/h1H,2,12H2,(H,13,14). The molecule has 8 heteroatoms. The second-order valence-electron chi connectivity index (χ2n) is 2.55. The zero-order chi connectivity index (χ0) is 11.6. The van der Waals surface area contributed by atoms with Gasteiger partial charge in [0.15, 0.2) is 0 Å². The molecule has 4 nitrogen and oxygen atoms in total. The number of pyridine rings is 1. The molecule has 1 aromatic heterocycles. The van der Waals surface area contributed by atoms with Crippen molar-refractivity contribution in [3.8, 4) is 5.88 Å². The smallest absolute Gasteiger partial charge is 0.389 e. The van der Waals surface area contributed by atoms with Crippen molar-refractivity contribution in [1.82, 2.24) is 4.98 Å². The number of hydrogen-bond acceptors (Lipinski definition) is 3. The Kier molecular flexibility index (Phi) is 3.60. The number of rotatable bonds is 2. The van der Waals surface area contributed by atoms with Gasteiger partial charge in [0, 0.05) is 12.1 Å². The van der Waals surface area contributed by atoms with E-state index in [1.807, 2.05) is 4.98 Å². The summed E-state index contributed by atoms with van der Waals surface area (Å²) in [6.07, 6.45) is -4.83. The van der Waals surface area contributed by atoms with E-state index in [-0.39, 0.29) is 15.7 Å². The van der Waals surface area contributed by atoms with Crippen molar-refractivity contribution in [3.63, 3.8) is 0 Å². The molecule has 0 atom stereocenters. The zero-order valence-electron chi connectivity index (χ0n) is 7.19. The summed E-state index contributed by atoms with van der Waals surface area (Å²) in [7, 11) is 0. The number of aromatic nitrogens is 1. The van der Waals surface area contributed by atoms with E-state index in [1.165, 1.54) is 6.07 Å². The molecule has 0 spiro atoms. The van der Waals surface area contributed by atoms with E-state index in [1.54, 1.807) is 22.6 Å². The Morgan fingerprint density at radius 3 is 2.60 bits per heavy atom. The summed E-state index contributed by atoms with van der Waals surface area (Å²) in [5.74, 6) is -0.620. The third-order valence-electron chi connectivity index (χ3n) is 1.47. The Balaban J connectivity index is 3.11. The van der Waals surface area contributed by atoms with E-state index in [9.17, 15) is 18.0 Å². The highest BCUT2D eigenvalue weighted by Crippen LogP contribution is 2.24. The molecule has 0 saturated carbocycles. The van der Waals surface area contributed by atoms with E-state index < -0.39 is 17.8 Å². The maximum atomic E-state index is 11.9. The van der Waals surface area contributed by atoms with Crippen molar-refractivity contribution in [2.75, 3.05) is 0 Å². The molecular weight excluding hydrogens is 328 g/mol. The topological polar surface area (TPSA) is 68.1 Å². The van der Waals surface area contributed by atoms with Crippen LogP contribution in [0.2, 0.25) is 0 Å². The molecule has 1 aromatic rings. The second-order valence-corrected chi connectivity index (χ2v) is 3.71. The maximum absolute atomic E-state index is 11.9. The molecule has 0 fully saturated rings. The van der Waals surface area contributed by atoms with E-state index in [2.05, 4.69) is 4.74 Å². The van der Waals surface area contributed by atoms with Crippen LogP contribution in [0.15, 0.2) is 10.9 Å². The fourth-order valence-corrected chi connectivity index (χ4v) is 1.49. The molecule has 0 aromatic carbocycles.